The molecule has 108 valence electrons. The molecule has 2 nitrogen and oxygen atoms in total. The Morgan fingerprint density at radius 3 is 2.55 bits per heavy atom. The number of nitrogens with zero attached hydrogens (tertiary/aromatic N) is 2. The molecular formula is C16H21BrN2S. The van der Waals surface area contributed by atoms with E-state index in [0.29, 0.717) is 0 Å². The van der Waals surface area contributed by atoms with Crippen molar-refractivity contribution in [3.8, 4) is 0 Å². The highest BCUT2D eigenvalue weighted by atomic mass is 79.9. The SMILES string of the molecule is CCc1nn(CC)c(CSc2ccc(C)c(C)c2)c1Br. The molecule has 2 aromatic rings. The molecule has 0 saturated heterocycles. The summed E-state index contributed by atoms with van der Waals surface area (Å²) >= 11 is 5.58. The van der Waals surface area contributed by atoms with E-state index in [4.69, 9.17) is 0 Å². The smallest absolute Gasteiger partial charge is 0.0767 e. The Morgan fingerprint density at radius 2 is 1.95 bits per heavy atom. The first-order chi connectivity index (χ1) is 9.56. The largest absolute Gasteiger partial charge is 0.268 e. The molecule has 0 spiro atoms. The Kier molecular flexibility index (Phi) is 5.33. The molecule has 0 N–H and O–H groups in total. The zero-order valence-electron chi connectivity index (χ0n) is 12.5. The summed E-state index contributed by atoms with van der Waals surface area (Å²) < 4.78 is 3.29. The fraction of sp³-hybridized carbons (Fsp3) is 0.438. The second kappa shape index (κ2) is 6.81. The molecular weight excluding hydrogens is 332 g/mol. The molecule has 0 aliphatic rings. The highest BCUT2D eigenvalue weighted by Gasteiger charge is 2.13. The van der Waals surface area contributed by atoms with E-state index in [1.165, 1.54) is 26.2 Å². The summed E-state index contributed by atoms with van der Waals surface area (Å²) in [5, 5.41) is 4.65. The molecule has 4 heteroatoms. The van der Waals surface area contributed by atoms with Gasteiger partial charge in [0.1, 0.15) is 0 Å². The van der Waals surface area contributed by atoms with E-state index in [2.05, 4.69) is 71.6 Å². The van der Waals surface area contributed by atoms with E-state index < -0.39 is 0 Å². The third kappa shape index (κ3) is 3.29. The van der Waals surface area contributed by atoms with Crippen LogP contribution in [0.2, 0.25) is 0 Å². The van der Waals surface area contributed by atoms with Gasteiger partial charge in [-0.25, -0.2) is 0 Å². The van der Waals surface area contributed by atoms with Gasteiger partial charge in [0.05, 0.1) is 15.9 Å². The zero-order chi connectivity index (χ0) is 14.7. The molecule has 0 atom stereocenters. The van der Waals surface area contributed by atoms with Crippen molar-refractivity contribution in [2.45, 2.75) is 51.3 Å². The van der Waals surface area contributed by atoms with Gasteiger partial charge >= 0.3 is 0 Å². The van der Waals surface area contributed by atoms with Crippen LogP contribution in [-0.4, -0.2) is 9.78 Å². The average Bonchev–Trinajstić information content (AvgIpc) is 2.76. The predicted molar refractivity (Wildman–Crippen MR) is 90.5 cm³/mol. The Labute approximate surface area is 134 Å². The Balaban J connectivity index is 2.17. The first-order valence-electron chi connectivity index (χ1n) is 7.00. The van der Waals surface area contributed by atoms with Gasteiger partial charge in [0.2, 0.25) is 0 Å². The van der Waals surface area contributed by atoms with E-state index in [0.717, 1.165) is 24.4 Å². The van der Waals surface area contributed by atoms with Crippen LogP contribution in [0.3, 0.4) is 0 Å². The lowest BCUT2D eigenvalue weighted by Crippen LogP contribution is -2.01. The van der Waals surface area contributed by atoms with E-state index in [9.17, 15) is 0 Å². The van der Waals surface area contributed by atoms with E-state index in [-0.39, 0.29) is 0 Å². The summed E-state index contributed by atoms with van der Waals surface area (Å²) in [5.41, 5.74) is 5.14. The van der Waals surface area contributed by atoms with Crippen molar-refractivity contribution in [1.29, 1.82) is 0 Å². The maximum atomic E-state index is 4.65. The molecule has 0 aliphatic heterocycles. The van der Waals surface area contributed by atoms with Crippen LogP contribution in [0.1, 0.15) is 36.4 Å². The lowest BCUT2D eigenvalue weighted by atomic mass is 10.1. The average molecular weight is 353 g/mol. The molecule has 0 radical (unpaired) electrons. The second-order valence-corrected chi connectivity index (χ2v) is 6.75. The summed E-state index contributed by atoms with van der Waals surface area (Å²) in [6.45, 7) is 9.53. The van der Waals surface area contributed by atoms with Gasteiger partial charge in [0.15, 0.2) is 0 Å². The maximum absolute atomic E-state index is 4.65. The number of rotatable bonds is 5. The fourth-order valence-electron chi connectivity index (χ4n) is 2.11. The standard InChI is InChI=1S/C16H21BrN2S/c1-5-14-16(17)15(19(6-2)18-14)10-20-13-8-7-11(3)12(4)9-13/h7-9H,5-6,10H2,1-4H3. The highest BCUT2D eigenvalue weighted by Crippen LogP contribution is 2.30. The predicted octanol–water partition coefficient (Wildman–Crippen LogP) is 5.14. The van der Waals surface area contributed by atoms with Crippen molar-refractivity contribution in [3.63, 3.8) is 0 Å². The van der Waals surface area contributed by atoms with Crippen molar-refractivity contribution >= 4 is 27.7 Å². The first kappa shape index (κ1) is 15.6. The lowest BCUT2D eigenvalue weighted by molar-refractivity contribution is 0.627. The van der Waals surface area contributed by atoms with Crippen LogP contribution in [0.15, 0.2) is 27.6 Å². The molecule has 0 fully saturated rings. The summed E-state index contributed by atoms with van der Waals surface area (Å²) in [6.07, 6.45) is 0.967. The molecule has 0 aliphatic carbocycles. The van der Waals surface area contributed by atoms with Crippen LogP contribution in [-0.2, 0) is 18.7 Å². The number of thioether (sulfide) groups is 1. The first-order valence-corrected chi connectivity index (χ1v) is 8.78. The zero-order valence-corrected chi connectivity index (χ0v) is 14.9. The molecule has 1 aromatic heterocycles. The third-order valence-electron chi connectivity index (χ3n) is 3.55. The van der Waals surface area contributed by atoms with Crippen LogP contribution in [0.5, 0.6) is 0 Å². The minimum absolute atomic E-state index is 0.918. The molecule has 1 heterocycles. The van der Waals surface area contributed by atoms with Gasteiger partial charge in [-0.2, -0.15) is 5.10 Å². The summed E-state index contributed by atoms with van der Waals surface area (Å²) in [6, 6.07) is 6.66. The number of hydrogen-bond donors (Lipinski definition) is 0. The summed E-state index contributed by atoms with van der Waals surface area (Å²) in [4.78, 5) is 1.32. The molecule has 1 aromatic carbocycles. The van der Waals surface area contributed by atoms with Crippen molar-refractivity contribution < 1.29 is 0 Å². The molecule has 0 amide bonds. The van der Waals surface area contributed by atoms with Gasteiger partial charge in [0, 0.05) is 17.2 Å². The lowest BCUT2D eigenvalue weighted by Gasteiger charge is -2.07. The summed E-state index contributed by atoms with van der Waals surface area (Å²) in [7, 11) is 0. The summed E-state index contributed by atoms with van der Waals surface area (Å²) in [5.74, 6) is 0.948. The molecule has 2 rings (SSSR count). The Hall–Kier alpha value is -0.740. The minimum Gasteiger partial charge on any atom is -0.268 e. The van der Waals surface area contributed by atoms with Crippen LogP contribution in [0, 0.1) is 13.8 Å². The minimum atomic E-state index is 0.918. The normalized spacial score (nSPS) is 11.1. The quantitative estimate of drug-likeness (QED) is 0.693. The Morgan fingerprint density at radius 1 is 1.20 bits per heavy atom. The van der Waals surface area contributed by atoms with Crippen molar-refractivity contribution in [3.05, 3.63) is 45.2 Å². The molecule has 0 unspecified atom stereocenters. The van der Waals surface area contributed by atoms with Gasteiger partial charge in [-0.3, -0.25) is 4.68 Å². The number of benzene rings is 1. The van der Waals surface area contributed by atoms with Gasteiger partial charge in [-0.1, -0.05) is 13.0 Å². The highest BCUT2D eigenvalue weighted by molar-refractivity contribution is 9.10. The van der Waals surface area contributed by atoms with Crippen LogP contribution >= 0.6 is 27.7 Å². The van der Waals surface area contributed by atoms with Gasteiger partial charge in [0.25, 0.3) is 0 Å². The van der Waals surface area contributed by atoms with Gasteiger partial charge in [-0.15, -0.1) is 11.8 Å². The van der Waals surface area contributed by atoms with E-state index >= 15 is 0 Å². The Bertz CT molecular complexity index is 605. The molecule has 0 bridgehead atoms. The van der Waals surface area contributed by atoms with Crippen molar-refractivity contribution in [2.24, 2.45) is 0 Å². The topological polar surface area (TPSA) is 17.8 Å². The van der Waals surface area contributed by atoms with Crippen LogP contribution in [0.25, 0.3) is 0 Å². The van der Waals surface area contributed by atoms with E-state index in [1.54, 1.807) is 0 Å². The number of halogens is 1. The fourth-order valence-corrected chi connectivity index (χ4v) is 4.02. The third-order valence-corrected chi connectivity index (χ3v) is 5.47. The van der Waals surface area contributed by atoms with Gasteiger partial charge < -0.3 is 0 Å². The number of hydrogen-bond acceptors (Lipinski definition) is 2. The van der Waals surface area contributed by atoms with Crippen molar-refractivity contribution in [2.75, 3.05) is 0 Å². The molecule has 20 heavy (non-hydrogen) atoms. The second-order valence-electron chi connectivity index (χ2n) is 4.91. The monoisotopic (exact) mass is 352 g/mol. The van der Waals surface area contributed by atoms with Crippen molar-refractivity contribution in [1.82, 2.24) is 9.78 Å². The van der Waals surface area contributed by atoms with Crippen LogP contribution < -0.4 is 0 Å². The number of aryl methyl sites for hydroxylation is 4. The van der Waals surface area contributed by atoms with E-state index in [1.807, 2.05) is 11.8 Å². The van der Waals surface area contributed by atoms with Crippen LogP contribution in [0.4, 0.5) is 0 Å². The van der Waals surface area contributed by atoms with Gasteiger partial charge in [-0.05, 0) is 66.4 Å². The number of aromatic nitrogens is 2. The molecule has 0 saturated carbocycles. The maximum Gasteiger partial charge on any atom is 0.0767 e.